The number of amides is 1. The van der Waals surface area contributed by atoms with Crippen LogP contribution < -0.4 is 10.5 Å². The Hall–Kier alpha value is -1.43. The molecule has 0 unspecified atom stereocenters. The number of halogens is 3. The van der Waals surface area contributed by atoms with Crippen LogP contribution in [0.3, 0.4) is 0 Å². The Morgan fingerprint density at radius 3 is 2.50 bits per heavy atom. The molecule has 2 aromatic rings. The lowest BCUT2D eigenvalue weighted by molar-refractivity contribution is -0.134. The average molecular weight is 336 g/mol. The number of carbonyl (C=O) groups excluding carboxylic acids is 2. The molecule has 1 heterocycles. The van der Waals surface area contributed by atoms with Crippen LogP contribution in [0.15, 0.2) is 30.3 Å². The summed E-state index contributed by atoms with van der Waals surface area (Å²) in [5.41, 5.74) is 5.86. The van der Waals surface area contributed by atoms with Crippen LogP contribution in [0.25, 0.3) is 10.9 Å². The average Bonchev–Trinajstić information content (AvgIpc) is 2.66. The normalized spacial score (nSPS) is 11.6. The van der Waals surface area contributed by atoms with Crippen LogP contribution in [0.4, 0.5) is 0 Å². The molecule has 2 N–H and O–H groups in total. The molecule has 0 spiro atoms. The molecule has 0 aliphatic rings. The van der Waals surface area contributed by atoms with Crippen LogP contribution in [0, 0.1) is 0 Å². The van der Waals surface area contributed by atoms with Crippen molar-refractivity contribution in [2.45, 2.75) is 10.3 Å². The largest absolute Gasteiger partial charge is 0.406 e. The number of hydrogen-bond donors (Lipinski definition) is 1. The van der Waals surface area contributed by atoms with Crippen molar-refractivity contribution in [2.24, 2.45) is 5.73 Å². The van der Waals surface area contributed by atoms with Gasteiger partial charge in [0, 0.05) is 11.5 Å². The first-order valence-electron chi connectivity index (χ1n) is 5.44. The van der Waals surface area contributed by atoms with E-state index in [0.29, 0.717) is 5.52 Å². The zero-order valence-corrected chi connectivity index (χ0v) is 12.2. The summed E-state index contributed by atoms with van der Waals surface area (Å²) in [6.07, 6.45) is 0. The molecule has 0 radical (unpaired) electrons. The van der Waals surface area contributed by atoms with Gasteiger partial charge in [-0.25, -0.2) is 4.79 Å². The lowest BCUT2D eigenvalue weighted by Gasteiger charge is -2.12. The maximum absolute atomic E-state index is 11.6. The standard InChI is InChI=1S/C12H9Cl3N2O3/c13-12(14,15)11(19)20-10-5-7-3-1-2-4-8(7)17(10)6-9(16)18/h1-5H,6H2,(H2,16,18). The summed E-state index contributed by atoms with van der Waals surface area (Å²) in [6.45, 7) is -0.157. The summed E-state index contributed by atoms with van der Waals surface area (Å²) in [5.74, 6) is -1.56. The summed E-state index contributed by atoms with van der Waals surface area (Å²) in [4.78, 5) is 22.7. The second-order valence-electron chi connectivity index (χ2n) is 3.98. The Kier molecular flexibility index (Phi) is 4.13. The first-order chi connectivity index (χ1) is 9.29. The molecule has 5 nitrogen and oxygen atoms in total. The van der Waals surface area contributed by atoms with E-state index in [-0.39, 0.29) is 12.4 Å². The highest BCUT2D eigenvalue weighted by molar-refractivity contribution is 6.75. The predicted octanol–water partition coefficient (Wildman–Crippen LogP) is 2.40. The highest BCUT2D eigenvalue weighted by atomic mass is 35.6. The van der Waals surface area contributed by atoms with Gasteiger partial charge in [-0.15, -0.1) is 0 Å². The van der Waals surface area contributed by atoms with Crippen LogP contribution in [-0.2, 0) is 16.1 Å². The van der Waals surface area contributed by atoms with Gasteiger partial charge in [0.15, 0.2) is 0 Å². The second-order valence-corrected chi connectivity index (χ2v) is 6.26. The predicted molar refractivity (Wildman–Crippen MR) is 77.1 cm³/mol. The number of nitrogens with two attached hydrogens (primary N) is 1. The minimum atomic E-state index is -2.20. The van der Waals surface area contributed by atoms with Crippen LogP contribution in [0.2, 0.25) is 0 Å². The van der Waals surface area contributed by atoms with Gasteiger partial charge < -0.3 is 15.0 Å². The molecule has 0 atom stereocenters. The molecule has 2 rings (SSSR count). The van der Waals surface area contributed by atoms with Crippen molar-refractivity contribution in [3.63, 3.8) is 0 Å². The van der Waals surface area contributed by atoms with Crippen molar-refractivity contribution >= 4 is 57.6 Å². The molecular weight excluding hydrogens is 327 g/mol. The number of alkyl halides is 3. The number of carbonyl (C=O) groups is 2. The number of para-hydroxylation sites is 1. The Labute approximate surface area is 129 Å². The maximum Gasteiger partial charge on any atom is 0.365 e. The highest BCUT2D eigenvalue weighted by Crippen LogP contribution is 2.31. The van der Waals surface area contributed by atoms with Crippen LogP contribution in [-0.4, -0.2) is 20.2 Å². The van der Waals surface area contributed by atoms with E-state index in [2.05, 4.69) is 0 Å². The number of nitrogens with zero attached hydrogens (tertiary/aromatic N) is 1. The van der Waals surface area contributed by atoms with Crippen molar-refractivity contribution in [3.8, 4) is 5.88 Å². The monoisotopic (exact) mass is 334 g/mol. The molecule has 1 amide bonds. The molecule has 0 saturated carbocycles. The van der Waals surface area contributed by atoms with Crippen LogP contribution >= 0.6 is 34.8 Å². The number of esters is 1. The molecule has 8 heteroatoms. The van der Waals surface area contributed by atoms with E-state index in [4.69, 9.17) is 45.3 Å². The summed E-state index contributed by atoms with van der Waals surface area (Å²) in [7, 11) is 0. The number of aromatic nitrogens is 1. The Bertz CT molecular complexity index is 676. The highest BCUT2D eigenvalue weighted by Gasteiger charge is 2.34. The van der Waals surface area contributed by atoms with Gasteiger partial charge in [-0.05, 0) is 6.07 Å². The number of hydrogen-bond acceptors (Lipinski definition) is 3. The van der Waals surface area contributed by atoms with Crippen molar-refractivity contribution in [2.75, 3.05) is 0 Å². The molecule has 1 aromatic carbocycles. The molecule has 20 heavy (non-hydrogen) atoms. The van der Waals surface area contributed by atoms with Gasteiger partial charge in [0.25, 0.3) is 3.79 Å². The molecule has 0 bridgehead atoms. The van der Waals surface area contributed by atoms with Crippen molar-refractivity contribution in [1.82, 2.24) is 4.57 Å². The Balaban J connectivity index is 2.46. The topological polar surface area (TPSA) is 74.3 Å². The SMILES string of the molecule is NC(=O)Cn1c(OC(=O)C(Cl)(Cl)Cl)cc2ccccc21. The van der Waals surface area contributed by atoms with Crippen molar-refractivity contribution in [3.05, 3.63) is 30.3 Å². The lowest BCUT2D eigenvalue weighted by atomic mass is 10.2. The fourth-order valence-corrected chi connectivity index (χ4v) is 1.86. The van der Waals surface area contributed by atoms with E-state index in [0.717, 1.165) is 5.39 Å². The first kappa shape index (κ1) is 15.0. The zero-order chi connectivity index (χ0) is 14.9. The van der Waals surface area contributed by atoms with Crippen molar-refractivity contribution < 1.29 is 14.3 Å². The summed E-state index contributed by atoms with van der Waals surface area (Å²) < 4.78 is 4.25. The molecule has 1 aromatic heterocycles. The molecule has 106 valence electrons. The minimum absolute atomic E-state index is 0.0846. The van der Waals surface area contributed by atoms with E-state index >= 15 is 0 Å². The van der Waals surface area contributed by atoms with Gasteiger partial charge in [0.1, 0.15) is 6.54 Å². The molecule has 0 aliphatic heterocycles. The maximum atomic E-state index is 11.6. The first-order valence-corrected chi connectivity index (χ1v) is 6.58. The third-order valence-electron chi connectivity index (χ3n) is 2.52. The van der Waals surface area contributed by atoms with Gasteiger partial charge >= 0.3 is 5.97 Å². The van der Waals surface area contributed by atoms with Crippen molar-refractivity contribution in [1.29, 1.82) is 0 Å². The quantitative estimate of drug-likeness (QED) is 0.691. The van der Waals surface area contributed by atoms with E-state index < -0.39 is 15.7 Å². The molecular formula is C12H9Cl3N2O3. The fourth-order valence-electron chi connectivity index (χ4n) is 1.74. The zero-order valence-electron chi connectivity index (χ0n) is 9.98. The van der Waals surface area contributed by atoms with Crippen LogP contribution in [0.1, 0.15) is 0 Å². The van der Waals surface area contributed by atoms with Gasteiger partial charge in [0.2, 0.25) is 11.8 Å². The summed E-state index contributed by atoms with van der Waals surface area (Å²) >= 11 is 16.3. The molecule has 0 fully saturated rings. The smallest absolute Gasteiger partial charge is 0.365 e. The van der Waals surface area contributed by atoms with Gasteiger partial charge in [-0.1, -0.05) is 53.0 Å². The van der Waals surface area contributed by atoms with Gasteiger partial charge in [0.05, 0.1) is 5.52 Å². The summed E-state index contributed by atoms with van der Waals surface area (Å²) in [5, 5.41) is 0.765. The molecule has 0 saturated heterocycles. The third-order valence-corrected chi connectivity index (χ3v) is 2.98. The van der Waals surface area contributed by atoms with E-state index in [1.165, 1.54) is 4.57 Å². The molecule has 0 aliphatic carbocycles. The van der Waals surface area contributed by atoms with E-state index in [1.54, 1.807) is 30.3 Å². The fraction of sp³-hybridized carbons (Fsp3) is 0.167. The minimum Gasteiger partial charge on any atom is -0.406 e. The second kappa shape index (κ2) is 5.52. The van der Waals surface area contributed by atoms with Gasteiger partial charge in [-0.2, -0.15) is 0 Å². The lowest BCUT2D eigenvalue weighted by Crippen LogP contribution is -2.27. The number of rotatable bonds is 3. The van der Waals surface area contributed by atoms with E-state index in [9.17, 15) is 9.59 Å². The Morgan fingerprint density at radius 2 is 1.90 bits per heavy atom. The number of ether oxygens (including phenoxy) is 1. The summed E-state index contributed by atoms with van der Waals surface area (Å²) in [6, 6.07) is 8.69. The third kappa shape index (κ3) is 3.17. The number of primary amides is 1. The van der Waals surface area contributed by atoms with Crippen LogP contribution in [0.5, 0.6) is 5.88 Å². The van der Waals surface area contributed by atoms with E-state index in [1.807, 2.05) is 0 Å². The Morgan fingerprint density at radius 1 is 1.25 bits per heavy atom. The van der Waals surface area contributed by atoms with Gasteiger partial charge in [-0.3, -0.25) is 4.79 Å². The number of fused-ring (bicyclic) bond motifs is 1. The number of benzene rings is 1.